The van der Waals surface area contributed by atoms with Gasteiger partial charge in [-0.15, -0.1) is 5.10 Å². The first-order valence-electron chi connectivity index (χ1n) is 7.83. The largest absolute Gasteiger partial charge is 0.488 e. The lowest BCUT2D eigenvalue weighted by atomic mass is 9.67. The number of allylic oxidation sites excluding steroid dienone is 3. The molecule has 2 atom stereocenters. The second kappa shape index (κ2) is 5.18. The number of benzene rings is 1. The van der Waals surface area contributed by atoms with E-state index in [1.165, 1.54) is 0 Å². The van der Waals surface area contributed by atoms with Crippen LogP contribution in [0.25, 0.3) is 16.3 Å². The van der Waals surface area contributed by atoms with Gasteiger partial charge in [-0.25, -0.2) is 0 Å². The first kappa shape index (κ1) is 14.4. The van der Waals surface area contributed by atoms with Gasteiger partial charge in [-0.1, -0.05) is 18.2 Å². The molecule has 1 aromatic carbocycles. The number of nitrogens with two attached hydrogens (primary N) is 1. The maximum atomic E-state index is 10.3. The lowest BCUT2D eigenvalue weighted by Crippen LogP contribution is -2.17. The SMILES string of the molecule is Cc1nnc(N)c2ccc(C3=C4B(O)OC(C)C4CC=C3)cc12. The molecule has 1 aliphatic carbocycles. The van der Waals surface area contributed by atoms with Gasteiger partial charge in [0.05, 0.1) is 5.69 Å². The average molecular weight is 307 g/mol. The summed E-state index contributed by atoms with van der Waals surface area (Å²) in [7, 11) is -0.827. The van der Waals surface area contributed by atoms with Crippen molar-refractivity contribution in [2.45, 2.75) is 26.4 Å². The van der Waals surface area contributed by atoms with Crippen LogP contribution in [-0.4, -0.2) is 28.4 Å². The number of aromatic nitrogens is 2. The molecule has 2 unspecified atom stereocenters. The Kier molecular flexibility index (Phi) is 3.25. The van der Waals surface area contributed by atoms with E-state index in [-0.39, 0.29) is 12.0 Å². The van der Waals surface area contributed by atoms with Gasteiger partial charge in [0.25, 0.3) is 0 Å². The van der Waals surface area contributed by atoms with Crippen molar-refractivity contribution in [2.75, 3.05) is 5.73 Å². The second-order valence-corrected chi connectivity index (χ2v) is 6.24. The minimum absolute atomic E-state index is 0.0312. The molecule has 23 heavy (non-hydrogen) atoms. The molecule has 2 heterocycles. The zero-order valence-corrected chi connectivity index (χ0v) is 13.2. The van der Waals surface area contributed by atoms with Gasteiger partial charge in [0.2, 0.25) is 0 Å². The summed E-state index contributed by atoms with van der Waals surface area (Å²) in [5, 5.41) is 20.2. The predicted molar refractivity (Wildman–Crippen MR) is 91.4 cm³/mol. The van der Waals surface area contributed by atoms with Crippen LogP contribution in [0.2, 0.25) is 0 Å². The molecule has 2 aliphatic rings. The van der Waals surface area contributed by atoms with Crippen molar-refractivity contribution >= 4 is 29.3 Å². The van der Waals surface area contributed by atoms with E-state index < -0.39 is 7.12 Å². The van der Waals surface area contributed by atoms with Crippen LogP contribution in [0.3, 0.4) is 0 Å². The Balaban J connectivity index is 1.92. The molecule has 5 nitrogen and oxygen atoms in total. The molecule has 6 heteroatoms. The summed E-state index contributed by atoms with van der Waals surface area (Å²) < 4.78 is 5.61. The summed E-state index contributed by atoms with van der Waals surface area (Å²) in [4.78, 5) is 0. The number of nitrogen functional groups attached to an aromatic ring is 1. The van der Waals surface area contributed by atoms with Gasteiger partial charge in [0.1, 0.15) is 0 Å². The molecule has 1 aliphatic heterocycles. The lowest BCUT2D eigenvalue weighted by Gasteiger charge is -2.21. The molecule has 0 bridgehead atoms. The zero-order valence-electron chi connectivity index (χ0n) is 13.2. The molecular formula is C17H18BN3O2. The molecule has 0 spiro atoms. The van der Waals surface area contributed by atoms with Crippen LogP contribution in [0, 0.1) is 12.8 Å². The van der Waals surface area contributed by atoms with Gasteiger partial charge in [-0.05, 0) is 49.0 Å². The van der Waals surface area contributed by atoms with Crippen LogP contribution < -0.4 is 5.73 Å². The van der Waals surface area contributed by atoms with Gasteiger partial charge >= 0.3 is 7.12 Å². The number of hydrogen-bond donors (Lipinski definition) is 2. The third kappa shape index (κ3) is 2.17. The molecule has 1 aromatic heterocycles. The van der Waals surface area contributed by atoms with E-state index in [1.807, 2.05) is 26.0 Å². The summed E-state index contributed by atoms with van der Waals surface area (Å²) in [6.45, 7) is 3.93. The van der Waals surface area contributed by atoms with Crippen LogP contribution in [0.4, 0.5) is 5.82 Å². The van der Waals surface area contributed by atoms with E-state index in [9.17, 15) is 5.02 Å². The Labute approximate surface area is 135 Å². The van der Waals surface area contributed by atoms with E-state index in [4.69, 9.17) is 10.4 Å². The summed E-state index contributed by atoms with van der Waals surface area (Å²) in [5.41, 5.74) is 9.82. The Morgan fingerprint density at radius 1 is 1.30 bits per heavy atom. The van der Waals surface area contributed by atoms with Gasteiger partial charge in [-0.2, -0.15) is 5.10 Å². The Morgan fingerprint density at radius 2 is 2.13 bits per heavy atom. The molecule has 0 amide bonds. The molecule has 1 fully saturated rings. The quantitative estimate of drug-likeness (QED) is 0.790. The highest BCUT2D eigenvalue weighted by Gasteiger charge is 2.42. The minimum Gasteiger partial charge on any atom is -0.423 e. The lowest BCUT2D eigenvalue weighted by molar-refractivity contribution is 0.183. The number of anilines is 1. The van der Waals surface area contributed by atoms with Gasteiger partial charge < -0.3 is 15.4 Å². The summed E-state index contributed by atoms with van der Waals surface area (Å²) in [5.74, 6) is 0.673. The van der Waals surface area contributed by atoms with E-state index in [2.05, 4.69) is 28.4 Å². The molecule has 0 saturated carbocycles. The van der Waals surface area contributed by atoms with Gasteiger partial charge in [0, 0.05) is 22.8 Å². The zero-order chi connectivity index (χ0) is 16.1. The van der Waals surface area contributed by atoms with Crippen LogP contribution >= 0.6 is 0 Å². The number of aryl methyl sites for hydroxylation is 1. The third-order valence-electron chi connectivity index (χ3n) is 4.87. The highest BCUT2D eigenvalue weighted by molar-refractivity contribution is 6.55. The van der Waals surface area contributed by atoms with E-state index in [0.717, 1.165) is 39.5 Å². The first-order chi connectivity index (χ1) is 11.1. The highest BCUT2D eigenvalue weighted by atomic mass is 16.5. The van der Waals surface area contributed by atoms with Crippen LogP contribution in [-0.2, 0) is 4.65 Å². The summed E-state index contributed by atoms with van der Waals surface area (Å²) in [6, 6.07) is 6.06. The van der Waals surface area contributed by atoms with Gasteiger partial charge in [-0.3, -0.25) is 0 Å². The van der Waals surface area contributed by atoms with Crippen molar-refractivity contribution < 1.29 is 9.68 Å². The molecule has 116 valence electrons. The number of rotatable bonds is 1. The smallest absolute Gasteiger partial charge is 0.423 e. The van der Waals surface area contributed by atoms with Crippen molar-refractivity contribution in [3.8, 4) is 0 Å². The van der Waals surface area contributed by atoms with E-state index in [1.54, 1.807) is 0 Å². The van der Waals surface area contributed by atoms with Crippen LogP contribution in [0.15, 0.2) is 35.8 Å². The maximum Gasteiger partial charge on any atom is 0.488 e. The molecular weight excluding hydrogens is 289 g/mol. The summed E-state index contributed by atoms with van der Waals surface area (Å²) >= 11 is 0. The number of fused-ring (bicyclic) bond motifs is 2. The topological polar surface area (TPSA) is 81.3 Å². The van der Waals surface area contributed by atoms with Crippen molar-refractivity contribution in [2.24, 2.45) is 5.92 Å². The van der Waals surface area contributed by atoms with Crippen molar-refractivity contribution in [3.05, 3.63) is 47.1 Å². The first-order valence-corrected chi connectivity index (χ1v) is 7.83. The van der Waals surface area contributed by atoms with Crippen LogP contribution in [0.5, 0.6) is 0 Å². The second-order valence-electron chi connectivity index (χ2n) is 6.24. The Bertz CT molecular complexity index is 862. The van der Waals surface area contributed by atoms with Crippen LogP contribution in [0.1, 0.15) is 24.6 Å². The standard InChI is InChI=1S/C17H18BN3O2/c1-9-15-8-11(6-7-14(15)17(19)21-20-9)13-5-3-4-12-10(2)23-18(22)16(12)13/h3,5-8,10,12,22H,4H2,1-2H3,(H2,19,21). The number of nitrogens with zero attached hydrogens (tertiary/aromatic N) is 2. The van der Waals surface area contributed by atoms with Gasteiger partial charge in [0.15, 0.2) is 5.82 Å². The Morgan fingerprint density at radius 3 is 2.96 bits per heavy atom. The maximum absolute atomic E-state index is 10.3. The highest BCUT2D eigenvalue weighted by Crippen LogP contribution is 2.41. The fraction of sp³-hybridized carbons (Fsp3) is 0.294. The molecule has 1 saturated heterocycles. The van der Waals surface area contributed by atoms with E-state index in [0.29, 0.717) is 5.82 Å². The molecule has 4 rings (SSSR count). The molecule has 0 radical (unpaired) electrons. The molecule has 3 N–H and O–H groups in total. The fourth-order valence-corrected chi connectivity index (χ4v) is 3.62. The normalized spacial score (nSPS) is 23.7. The van der Waals surface area contributed by atoms with Crippen molar-refractivity contribution in [1.82, 2.24) is 10.2 Å². The van der Waals surface area contributed by atoms with Crippen molar-refractivity contribution in [3.63, 3.8) is 0 Å². The van der Waals surface area contributed by atoms with Crippen molar-refractivity contribution in [1.29, 1.82) is 0 Å². The molecule has 2 aromatic rings. The third-order valence-corrected chi connectivity index (χ3v) is 4.87. The summed E-state index contributed by atoms with van der Waals surface area (Å²) in [6.07, 6.45) is 5.16. The monoisotopic (exact) mass is 307 g/mol. The predicted octanol–water partition coefficient (Wildman–Crippen LogP) is 2.29. The Hall–Kier alpha value is -2.18. The van der Waals surface area contributed by atoms with E-state index >= 15 is 0 Å². The average Bonchev–Trinajstić information content (AvgIpc) is 2.85. The minimum atomic E-state index is -0.827. The number of hydrogen-bond acceptors (Lipinski definition) is 5. The fourth-order valence-electron chi connectivity index (χ4n) is 3.62.